The van der Waals surface area contributed by atoms with Gasteiger partial charge in [-0.15, -0.1) is 0 Å². The second kappa shape index (κ2) is 3.61. The smallest absolute Gasteiger partial charge is 0.140 e. The summed E-state index contributed by atoms with van der Waals surface area (Å²) in [5, 5.41) is 0. The van der Waals surface area contributed by atoms with Crippen molar-refractivity contribution in [2.45, 2.75) is 13.3 Å². The van der Waals surface area contributed by atoms with Crippen LogP contribution in [0.25, 0.3) is 5.65 Å². The van der Waals surface area contributed by atoms with Crippen molar-refractivity contribution in [3.63, 3.8) is 0 Å². The maximum Gasteiger partial charge on any atom is 0.140 e. The normalized spacial score (nSPS) is 10.8. The van der Waals surface area contributed by atoms with Crippen LogP contribution in [0.15, 0.2) is 22.9 Å². The molecule has 0 aliphatic heterocycles. The Morgan fingerprint density at radius 3 is 2.93 bits per heavy atom. The Balaban J connectivity index is 2.64. The summed E-state index contributed by atoms with van der Waals surface area (Å²) in [4.78, 5) is 4.44. The van der Waals surface area contributed by atoms with Crippen molar-refractivity contribution in [2.24, 2.45) is 0 Å². The van der Waals surface area contributed by atoms with Gasteiger partial charge in [0.15, 0.2) is 0 Å². The van der Waals surface area contributed by atoms with Crippen LogP contribution in [0.3, 0.4) is 0 Å². The van der Waals surface area contributed by atoms with Gasteiger partial charge < -0.3 is 9.14 Å². The molecule has 74 valence electrons. The van der Waals surface area contributed by atoms with Crippen molar-refractivity contribution in [1.82, 2.24) is 9.38 Å². The maximum atomic E-state index is 5.20. The average Bonchev–Trinajstić information content (AvgIpc) is 2.58. The molecule has 0 saturated heterocycles. The largest absolute Gasteiger partial charge is 0.495 e. The van der Waals surface area contributed by atoms with Crippen LogP contribution in [0.4, 0.5) is 0 Å². The van der Waals surface area contributed by atoms with E-state index < -0.39 is 0 Å². The molecule has 2 aromatic rings. The Morgan fingerprint density at radius 1 is 1.50 bits per heavy atom. The van der Waals surface area contributed by atoms with Gasteiger partial charge in [-0.05, 0) is 22.4 Å². The fraction of sp³-hybridized carbons (Fsp3) is 0.300. The highest BCUT2D eigenvalue weighted by Gasteiger charge is 2.05. The van der Waals surface area contributed by atoms with Crippen LogP contribution < -0.4 is 4.74 Å². The number of rotatable bonds is 2. The Morgan fingerprint density at radius 2 is 2.29 bits per heavy atom. The number of hydrogen-bond acceptors (Lipinski definition) is 2. The molecule has 0 aliphatic carbocycles. The van der Waals surface area contributed by atoms with E-state index in [1.165, 1.54) is 0 Å². The minimum atomic E-state index is 0.811. The summed E-state index contributed by atoms with van der Waals surface area (Å²) in [6.45, 7) is 2.09. The number of methoxy groups -OCH3 is 1. The lowest BCUT2D eigenvalue weighted by molar-refractivity contribution is 0.412. The van der Waals surface area contributed by atoms with E-state index in [9.17, 15) is 0 Å². The zero-order valence-electron chi connectivity index (χ0n) is 8.12. The third-order valence-electron chi connectivity index (χ3n) is 2.14. The predicted octanol–water partition coefficient (Wildman–Crippen LogP) is 2.67. The Hall–Kier alpha value is -1.03. The molecule has 0 atom stereocenters. The van der Waals surface area contributed by atoms with E-state index in [1.807, 2.05) is 22.9 Å². The van der Waals surface area contributed by atoms with Crippen LogP contribution in [-0.2, 0) is 6.42 Å². The number of nitrogens with zero attached hydrogens (tertiary/aromatic N) is 2. The van der Waals surface area contributed by atoms with E-state index in [1.54, 1.807) is 7.11 Å². The summed E-state index contributed by atoms with van der Waals surface area (Å²) in [5.74, 6) is 0.811. The molecule has 2 heterocycles. The van der Waals surface area contributed by atoms with Gasteiger partial charge in [0.2, 0.25) is 0 Å². The second-order valence-electron chi connectivity index (χ2n) is 3.04. The fourth-order valence-electron chi connectivity index (χ4n) is 1.37. The first kappa shape index (κ1) is 9.52. The number of imidazole rings is 1. The van der Waals surface area contributed by atoms with E-state index in [-0.39, 0.29) is 0 Å². The van der Waals surface area contributed by atoms with Crippen LogP contribution in [0, 0.1) is 0 Å². The summed E-state index contributed by atoms with van der Waals surface area (Å²) >= 11 is 3.44. The van der Waals surface area contributed by atoms with Crippen LogP contribution in [0.2, 0.25) is 0 Å². The van der Waals surface area contributed by atoms with Crippen LogP contribution >= 0.6 is 15.9 Å². The lowest BCUT2D eigenvalue weighted by Gasteiger charge is -2.02. The van der Waals surface area contributed by atoms with E-state index in [2.05, 4.69) is 27.8 Å². The summed E-state index contributed by atoms with van der Waals surface area (Å²) in [6.07, 6.45) is 4.93. The van der Waals surface area contributed by atoms with Gasteiger partial charge in [-0.25, -0.2) is 4.98 Å². The average molecular weight is 255 g/mol. The van der Waals surface area contributed by atoms with E-state index in [0.29, 0.717) is 0 Å². The second-order valence-corrected chi connectivity index (χ2v) is 3.90. The first-order valence-electron chi connectivity index (χ1n) is 4.45. The SMILES string of the molecule is CCc1cn2cc(Br)c(OC)cc2n1. The topological polar surface area (TPSA) is 26.5 Å². The van der Waals surface area contributed by atoms with Crippen molar-refractivity contribution < 1.29 is 4.74 Å². The van der Waals surface area contributed by atoms with Gasteiger partial charge in [0.1, 0.15) is 11.4 Å². The monoisotopic (exact) mass is 254 g/mol. The van der Waals surface area contributed by atoms with Crippen LogP contribution in [-0.4, -0.2) is 16.5 Å². The predicted molar refractivity (Wildman–Crippen MR) is 58.8 cm³/mol. The number of ether oxygens (including phenoxy) is 1. The molecule has 0 spiro atoms. The molecule has 2 rings (SSSR count). The van der Waals surface area contributed by atoms with Gasteiger partial charge in [-0.2, -0.15) is 0 Å². The third-order valence-corrected chi connectivity index (χ3v) is 2.74. The molecular formula is C10H11BrN2O. The summed E-state index contributed by atoms with van der Waals surface area (Å²) in [7, 11) is 1.65. The van der Waals surface area contributed by atoms with Crippen LogP contribution in [0.1, 0.15) is 12.6 Å². The Kier molecular flexibility index (Phi) is 2.46. The minimum Gasteiger partial charge on any atom is -0.495 e. The summed E-state index contributed by atoms with van der Waals surface area (Å²) in [6, 6.07) is 1.92. The minimum absolute atomic E-state index is 0.811. The lowest BCUT2D eigenvalue weighted by Crippen LogP contribution is -1.88. The van der Waals surface area contributed by atoms with Gasteiger partial charge >= 0.3 is 0 Å². The van der Waals surface area contributed by atoms with Crippen LogP contribution in [0.5, 0.6) is 5.75 Å². The highest BCUT2D eigenvalue weighted by atomic mass is 79.9. The summed E-state index contributed by atoms with van der Waals surface area (Å²) in [5.41, 5.74) is 2.01. The van der Waals surface area contributed by atoms with Gasteiger partial charge in [0, 0.05) is 18.5 Å². The molecule has 0 radical (unpaired) electrons. The van der Waals surface area contributed by atoms with Crippen molar-refractivity contribution in [1.29, 1.82) is 0 Å². The molecule has 14 heavy (non-hydrogen) atoms. The van der Waals surface area contributed by atoms with Gasteiger partial charge in [0.05, 0.1) is 17.3 Å². The molecule has 0 aliphatic rings. The van der Waals surface area contributed by atoms with Crippen molar-refractivity contribution in [3.05, 3.63) is 28.6 Å². The molecule has 3 nitrogen and oxygen atoms in total. The Labute approximate surface area is 90.8 Å². The first-order chi connectivity index (χ1) is 6.74. The number of halogens is 1. The number of fused-ring (bicyclic) bond motifs is 1. The number of aromatic nitrogens is 2. The molecule has 0 aromatic carbocycles. The van der Waals surface area contributed by atoms with E-state index >= 15 is 0 Å². The first-order valence-corrected chi connectivity index (χ1v) is 5.25. The molecule has 0 fully saturated rings. The number of aryl methyl sites for hydroxylation is 1. The van der Waals surface area contributed by atoms with E-state index in [0.717, 1.165) is 28.0 Å². The highest BCUT2D eigenvalue weighted by molar-refractivity contribution is 9.10. The van der Waals surface area contributed by atoms with Crippen molar-refractivity contribution in [2.75, 3.05) is 7.11 Å². The molecular weight excluding hydrogens is 244 g/mol. The standard InChI is InChI=1S/C10H11BrN2O/c1-3-7-5-13-6-8(11)9(14-2)4-10(13)12-7/h4-6H,3H2,1-2H3. The molecule has 0 unspecified atom stereocenters. The molecule has 0 amide bonds. The number of hydrogen-bond donors (Lipinski definition) is 0. The summed E-state index contributed by atoms with van der Waals surface area (Å²) < 4.78 is 8.12. The van der Waals surface area contributed by atoms with Crippen molar-refractivity contribution in [3.8, 4) is 5.75 Å². The van der Waals surface area contributed by atoms with E-state index in [4.69, 9.17) is 4.74 Å². The molecule has 2 aromatic heterocycles. The number of pyridine rings is 1. The molecule has 0 saturated carbocycles. The van der Waals surface area contributed by atoms with Gasteiger partial charge in [-0.3, -0.25) is 0 Å². The quantitative estimate of drug-likeness (QED) is 0.824. The molecule has 0 N–H and O–H groups in total. The Bertz CT molecular complexity index is 464. The van der Waals surface area contributed by atoms with Gasteiger partial charge in [-0.1, -0.05) is 6.92 Å². The zero-order chi connectivity index (χ0) is 10.1. The molecule has 4 heteroatoms. The fourth-order valence-corrected chi connectivity index (χ4v) is 1.87. The maximum absolute atomic E-state index is 5.20. The van der Waals surface area contributed by atoms with Crippen molar-refractivity contribution >= 4 is 21.6 Å². The van der Waals surface area contributed by atoms with Gasteiger partial charge in [0.25, 0.3) is 0 Å². The lowest BCUT2D eigenvalue weighted by atomic mass is 10.4. The molecule has 0 bridgehead atoms. The third kappa shape index (κ3) is 1.50. The zero-order valence-corrected chi connectivity index (χ0v) is 9.71. The highest BCUT2D eigenvalue weighted by Crippen LogP contribution is 2.25.